The van der Waals surface area contributed by atoms with Gasteiger partial charge in [0.25, 0.3) is 11.6 Å². The molecule has 1 N–H and O–H groups in total. The van der Waals surface area contributed by atoms with Gasteiger partial charge in [-0.3, -0.25) is 14.4 Å². The summed E-state index contributed by atoms with van der Waals surface area (Å²) in [6.07, 6.45) is 2.73. The quantitative estimate of drug-likeness (QED) is 0.606. The summed E-state index contributed by atoms with van der Waals surface area (Å²) < 4.78 is 11.9. The molecule has 9 nitrogen and oxygen atoms in total. The number of esters is 1. The highest BCUT2D eigenvalue weighted by atomic mass is 16.5. The molecule has 9 heteroatoms. The Balaban J connectivity index is 1.37. The predicted molar refractivity (Wildman–Crippen MR) is 115 cm³/mol. The number of amides is 1. The number of nitrogens with zero attached hydrogens (tertiary/aromatic N) is 3. The zero-order chi connectivity index (χ0) is 21.8. The Morgan fingerprint density at radius 2 is 1.97 bits per heavy atom. The highest BCUT2D eigenvalue weighted by Gasteiger charge is 2.27. The van der Waals surface area contributed by atoms with Crippen molar-refractivity contribution in [2.75, 3.05) is 29.9 Å². The minimum Gasteiger partial charge on any atom is -0.465 e. The highest BCUT2D eigenvalue weighted by Crippen LogP contribution is 2.26. The molecule has 1 amide bonds. The number of pyridine rings is 1. The van der Waals surface area contributed by atoms with E-state index < -0.39 is 11.5 Å². The number of ether oxygens (including phenoxy) is 1. The number of aromatic nitrogens is 2. The number of rotatable bonds is 6. The van der Waals surface area contributed by atoms with Crippen LogP contribution in [0.1, 0.15) is 19.8 Å². The fraction of sp³-hybridized carbons (Fsp3) is 0.364. The lowest BCUT2D eigenvalue weighted by Gasteiger charge is -2.30. The molecule has 1 aliphatic rings. The summed E-state index contributed by atoms with van der Waals surface area (Å²) in [4.78, 5) is 43.5. The molecule has 3 heterocycles. The van der Waals surface area contributed by atoms with E-state index in [4.69, 9.17) is 9.15 Å². The summed E-state index contributed by atoms with van der Waals surface area (Å²) in [5.41, 5.74) is 1.26. The summed E-state index contributed by atoms with van der Waals surface area (Å²) >= 11 is 0. The number of carbonyl (C=O) groups excluding carboxylic acids is 2. The molecule has 0 unspecified atom stereocenters. The number of oxazole rings is 1. The maximum atomic E-state index is 12.7. The first-order chi connectivity index (χ1) is 15.0. The van der Waals surface area contributed by atoms with Gasteiger partial charge in [-0.05, 0) is 44.0 Å². The molecule has 0 atom stereocenters. The van der Waals surface area contributed by atoms with Gasteiger partial charge in [0.05, 0.1) is 6.61 Å². The fourth-order valence-corrected chi connectivity index (χ4v) is 3.67. The first-order valence-electron chi connectivity index (χ1n) is 10.3. The van der Waals surface area contributed by atoms with Crippen LogP contribution in [0, 0.1) is 5.92 Å². The van der Waals surface area contributed by atoms with Crippen LogP contribution < -0.4 is 15.8 Å². The van der Waals surface area contributed by atoms with Crippen LogP contribution in [0.3, 0.4) is 0 Å². The van der Waals surface area contributed by atoms with Gasteiger partial charge in [-0.2, -0.15) is 4.98 Å². The molecular formula is C22H24N4O5. The number of piperidine rings is 1. The maximum absolute atomic E-state index is 12.7. The number of hydrogen-bond acceptors (Lipinski definition) is 7. The summed E-state index contributed by atoms with van der Waals surface area (Å²) in [5.74, 6) is -0.929. The molecular weight excluding hydrogens is 400 g/mol. The molecule has 4 rings (SSSR count). The molecule has 0 saturated carbocycles. The van der Waals surface area contributed by atoms with Crippen molar-refractivity contribution in [2.24, 2.45) is 5.92 Å². The number of hydrogen-bond donors (Lipinski definition) is 1. The van der Waals surface area contributed by atoms with E-state index in [1.165, 1.54) is 16.8 Å². The summed E-state index contributed by atoms with van der Waals surface area (Å²) in [6, 6.07) is 11.3. The van der Waals surface area contributed by atoms with E-state index in [1.807, 2.05) is 29.2 Å². The summed E-state index contributed by atoms with van der Waals surface area (Å²) in [7, 11) is 0. The van der Waals surface area contributed by atoms with Gasteiger partial charge in [0.15, 0.2) is 5.58 Å². The van der Waals surface area contributed by atoms with Gasteiger partial charge in [0.1, 0.15) is 17.7 Å². The smallest absolute Gasteiger partial charge is 0.326 e. The van der Waals surface area contributed by atoms with E-state index in [0.29, 0.717) is 31.9 Å². The van der Waals surface area contributed by atoms with Crippen molar-refractivity contribution in [2.45, 2.75) is 26.3 Å². The molecule has 0 spiro atoms. The zero-order valence-electron chi connectivity index (χ0n) is 17.2. The van der Waals surface area contributed by atoms with E-state index in [9.17, 15) is 14.4 Å². The monoisotopic (exact) mass is 424 g/mol. The van der Waals surface area contributed by atoms with Gasteiger partial charge >= 0.3 is 5.97 Å². The van der Waals surface area contributed by atoms with Gasteiger partial charge in [-0.1, -0.05) is 12.1 Å². The number of benzene rings is 1. The molecule has 0 aliphatic carbocycles. The molecule has 31 heavy (non-hydrogen) atoms. The van der Waals surface area contributed by atoms with Crippen LogP contribution in [-0.2, 0) is 20.9 Å². The van der Waals surface area contributed by atoms with E-state index in [-0.39, 0.29) is 30.7 Å². The van der Waals surface area contributed by atoms with Crippen LogP contribution in [-0.4, -0.2) is 41.1 Å². The van der Waals surface area contributed by atoms with Gasteiger partial charge in [-0.15, -0.1) is 0 Å². The standard InChI is InChI=1S/C22H24N4O5/c1-2-30-19(27)14-26-11-5-7-17(21(26)29)23-20(28)15-9-12-25(13-10-15)22-24-16-6-3-4-8-18(16)31-22/h3-8,11,15H,2,9-10,12-14H2,1H3,(H,23,28). The number of para-hydroxylation sites is 2. The molecule has 0 bridgehead atoms. The van der Waals surface area contributed by atoms with Crippen LogP contribution in [0.5, 0.6) is 0 Å². The van der Waals surface area contributed by atoms with E-state index in [2.05, 4.69) is 10.3 Å². The van der Waals surface area contributed by atoms with Crippen molar-refractivity contribution < 1.29 is 18.7 Å². The average Bonchev–Trinajstić information content (AvgIpc) is 3.21. The molecule has 162 valence electrons. The first-order valence-corrected chi connectivity index (χ1v) is 10.3. The second kappa shape index (κ2) is 9.03. The number of anilines is 2. The highest BCUT2D eigenvalue weighted by molar-refractivity contribution is 5.92. The zero-order valence-corrected chi connectivity index (χ0v) is 17.2. The second-order valence-corrected chi connectivity index (χ2v) is 7.37. The van der Waals surface area contributed by atoms with Crippen LogP contribution in [0.2, 0.25) is 0 Å². The third kappa shape index (κ3) is 4.60. The largest absolute Gasteiger partial charge is 0.465 e. The molecule has 0 radical (unpaired) electrons. The van der Waals surface area contributed by atoms with Crippen LogP contribution in [0.25, 0.3) is 11.1 Å². The molecule has 2 aromatic heterocycles. The van der Waals surface area contributed by atoms with E-state index in [0.717, 1.165) is 11.1 Å². The Bertz CT molecular complexity index is 1110. The van der Waals surface area contributed by atoms with Crippen molar-refractivity contribution in [1.82, 2.24) is 9.55 Å². The minimum atomic E-state index is -0.500. The third-order valence-corrected chi connectivity index (χ3v) is 5.30. The van der Waals surface area contributed by atoms with Gasteiger partial charge in [0.2, 0.25) is 5.91 Å². The number of nitrogens with one attached hydrogen (secondary N) is 1. The lowest BCUT2D eigenvalue weighted by Crippen LogP contribution is -2.39. The number of fused-ring (bicyclic) bond motifs is 1. The Morgan fingerprint density at radius 3 is 2.71 bits per heavy atom. The Hall–Kier alpha value is -3.62. The molecule has 1 aliphatic heterocycles. The van der Waals surface area contributed by atoms with Gasteiger partial charge in [0, 0.05) is 25.2 Å². The van der Waals surface area contributed by atoms with Crippen LogP contribution in [0.15, 0.2) is 51.8 Å². The normalized spacial score (nSPS) is 14.5. The maximum Gasteiger partial charge on any atom is 0.326 e. The third-order valence-electron chi connectivity index (χ3n) is 5.30. The van der Waals surface area contributed by atoms with E-state index in [1.54, 1.807) is 13.0 Å². The minimum absolute atomic E-state index is 0.151. The molecule has 1 aromatic carbocycles. The lowest BCUT2D eigenvalue weighted by atomic mass is 9.96. The molecule has 3 aromatic rings. The SMILES string of the molecule is CCOC(=O)Cn1cccc(NC(=O)C2CCN(c3nc4ccccc4o3)CC2)c1=O. The summed E-state index contributed by atoms with van der Waals surface area (Å²) in [6.45, 7) is 3.01. The van der Waals surface area contributed by atoms with Gasteiger partial charge < -0.3 is 23.9 Å². The summed E-state index contributed by atoms with van der Waals surface area (Å²) in [5, 5.41) is 2.72. The first kappa shape index (κ1) is 20.6. The van der Waals surface area contributed by atoms with Gasteiger partial charge in [-0.25, -0.2) is 0 Å². The van der Waals surface area contributed by atoms with Crippen molar-refractivity contribution >= 4 is 34.7 Å². The van der Waals surface area contributed by atoms with Crippen molar-refractivity contribution in [1.29, 1.82) is 0 Å². The Kier molecular flexibility index (Phi) is 6.01. The predicted octanol–water partition coefficient (Wildman–Crippen LogP) is 2.41. The lowest BCUT2D eigenvalue weighted by molar-refractivity contribution is -0.143. The molecule has 1 saturated heterocycles. The Labute approximate surface area is 178 Å². The van der Waals surface area contributed by atoms with Crippen molar-refractivity contribution in [3.05, 3.63) is 52.9 Å². The second-order valence-electron chi connectivity index (χ2n) is 7.37. The van der Waals surface area contributed by atoms with Crippen molar-refractivity contribution in [3.63, 3.8) is 0 Å². The van der Waals surface area contributed by atoms with Crippen LogP contribution in [0.4, 0.5) is 11.7 Å². The number of carbonyl (C=O) groups is 2. The van der Waals surface area contributed by atoms with E-state index >= 15 is 0 Å². The molecule has 1 fully saturated rings. The topological polar surface area (TPSA) is 107 Å². The van der Waals surface area contributed by atoms with Crippen molar-refractivity contribution in [3.8, 4) is 0 Å². The average molecular weight is 424 g/mol. The fourth-order valence-electron chi connectivity index (χ4n) is 3.67. The Morgan fingerprint density at radius 1 is 1.19 bits per heavy atom. The van der Waals surface area contributed by atoms with Crippen LogP contribution >= 0.6 is 0 Å².